The fourth-order valence-electron chi connectivity index (χ4n) is 1.78. The van der Waals surface area contributed by atoms with Crippen LogP contribution in [0.3, 0.4) is 0 Å². The van der Waals surface area contributed by atoms with E-state index in [-0.39, 0.29) is 23.7 Å². The molecule has 24 heavy (non-hydrogen) atoms. The molecule has 0 saturated heterocycles. The van der Waals surface area contributed by atoms with Gasteiger partial charge in [-0.15, -0.1) is 0 Å². The monoisotopic (exact) mass is 319 g/mol. The minimum absolute atomic E-state index is 0.142. The molecule has 6 nitrogen and oxygen atoms in total. The van der Waals surface area contributed by atoms with E-state index in [4.69, 9.17) is 20.5 Å². The van der Waals surface area contributed by atoms with E-state index < -0.39 is 11.4 Å². The maximum absolute atomic E-state index is 13.5. The Labute approximate surface area is 137 Å². The van der Waals surface area contributed by atoms with E-state index in [1.54, 1.807) is 42.7 Å². The van der Waals surface area contributed by atoms with Crippen molar-refractivity contribution in [2.24, 2.45) is 0 Å². The zero-order chi connectivity index (χ0) is 17.4. The number of aromatic nitrogens is 1. The predicted octanol–water partition coefficient (Wildman–Crippen LogP) is 3.04. The first-order valence-electron chi connectivity index (χ1n) is 6.70. The van der Waals surface area contributed by atoms with Crippen LogP contribution >= 0.6 is 0 Å². The summed E-state index contributed by atoms with van der Waals surface area (Å²) in [5.74, 6) is -0.280. The van der Waals surface area contributed by atoms with Gasteiger partial charge in [-0.3, -0.25) is 4.98 Å². The molecule has 2 aromatic rings. The van der Waals surface area contributed by atoms with Crippen LogP contribution < -0.4 is 10.1 Å². The SMILES string of the molecule is N#CC(C#N)=C(C#N)Nc1cc(F)ccc1OCc1ccncc1. The molecular weight excluding hydrogens is 309 g/mol. The van der Waals surface area contributed by atoms with Crippen LogP contribution in [0.25, 0.3) is 0 Å². The maximum Gasteiger partial charge on any atom is 0.163 e. The molecule has 0 aliphatic carbocycles. The molecular formula is C17H10FN5O. The Balaban J connectivity index is 2.29. The normalized spacial score (nSPS) is 9.08. The number of nitrogens with zero attached hydrogens (tertiary/aromatic N) is 4. The van der Waals surface area contributed by atoms with Crippen molar-refractivity contribution in [1.82, 2.24) is 4.98 Å². The van der Waals surface area contributed by atoms with E-state index in [9.17, 15) is 4.39 Å². The summed E-state index contributed by atoms with van der Waals surface area (Å²) in [6.07, 6.45) is 3.23. The summed E-state index contributed by atoms with van der Waals surface area (Å²) in [5, 5.41) is 29.3. The van der Waals surface area contributed by atoms with Crippen LogP contribution in [-0.2, 0) is 6.61 Å². The highest BCUT2D eigenvalue weighted by Crippen LogP contribution is 2.28. The number of nitrogens with one attached hydrogen (secondary N) is 1. The highest BCUT2D eigenvalue weighted by atomic mass is 19.1. The van der Waals surface area contributed by atoms with Gasteiger partial charge in [0, 0.05) is 18.5 Å². The van der Waals surface area contributed by atoms with E-state index in [1.165, 1.54) is 12.1 Å². The number of anilines is 1. The Morgan fingerprint density at radius 1 is 1.08 bits per heavy atom. The van der Waals surface area contributed by atoms with E-state index in [0.29, 0.717) is 0 Å². The lowest BCUT2D eigenvalue weighted by Crippen LogP contribution is -2.04. The average Bonchev–Trinajstić information content (AvgIpc) is 2.62. The smallest absolute Gasteiger partial charge is 0.163 e. The van der Waals surface area contributed by atoms with Gasteiger partial charge in [0.25, 0.3) is 0 Å². The second-order valence-electron chi connectivity index (χ2n) is 4.50. The van der Waals surface area contributed by atoms with Crippen LogP contribution in [0.4, 0.5) is 10.1 Å². The molecule has 7 heteroatoms. The number of halogens is 1. The molecule has 0 unspecified atom stereocenters. The van der Waals surface area contributed by atoms with Gasteiger partial charge in [-0.1, -0.05) is 0 Å². The molecule has 0 fully saturated rings. The minimum atomic E-state index is -0.554. The number of nitriles is 3. The van der Waals surface area contributed by atoms with Gasteiger partial charge in [0.2, 0.25) is 0 Å². The number of benzene rings is 1. The maximum atomic E-state index is 13.5. The molecule has 0 aliphatic heterocycles. The molecule has 0 atom stereocenters. The lowest BCUT2D eigenvalue weighted by molar-refractivity contribution is 0.307. The van der Waals surface area contributed by atoms with Gasteiger partial charge in [0.05, 0.1) is 5.69 Å². The van der Waals surface area contributed by atoms with Gasteiger partial charge in [0.15, 0.2) is 5.57 Å². The van der Waals surface area contributed by atoms with Crippen molar-refractivity contribution < 1.29 is 9.13 Å². The van der Waals surface area contributed by atoms with Gasteiger partial charge in [0.1, 0.15) is 42.1 Å². The molecule has 1 heterocycles. The van der Waals surface area contributed by atoms with E-state index in [2.05, 4.69) is 10.3 Å². The lowest BCUT2D eigenvalue weighted by atomic mass is 10.2. The molecule has 1 aromatic carbocycles. The van der Waals surface area contributed by atoms with E-state index in [0.717, 1.165) is 11.6 Å². The third-order valence-electron chi connectivity index (χ3n) is 2.93. The predicted molar refractivity (Wildman–Crippen MR) is 82.5 cm³/mol. The number of pyridine rings is 1. The highest BCUT2D eigenvalue weighted by molar-refractivity contribution is 5.64. The van der Waals surface area contributed by atoms with E-state index >= 15 is 0 Å². The quantitative estimate of drug-likeness (QED) is 0.849. The van der Waals surface area contributed by atoms with Gasteiger partial charge in [-0.05, 0) is 29.8 Å². The minimum Gasteiger partial charge on any atom is -0.487 e. The molecule has 1 N–H and O–H groups in total. The van der Waals surface area contributed by atoms with Gasteiger partial charge in [-0.2, -0.15) is 15.8 Å². The van der Waals surface area contributed by atoms with Gasteiger partial charge < -0.3 is 10.1 Å². The van der Waals surface area contributed by atoms with Crippen LogP contribution in [0.1, 0.15) is 5.56 Å². The fraction of sp³-hybridized carbons (Fsp3) is 0.0588. The van der Waals surface area contributed by atoms with Gasteiger partial charge in [-0.25, -0.2) is 4.39 Å². The second kappa shape index (κ2) is 7.93. The van der Waals surface area contributed by atoms with Crippen molar-refractivity contribution in [3.05, 3.63) is 65.4 Å². The Morgan fingerprint density at radius 3 is 2.42 bits per heavy atom. The number of hydrogen-bond donors (Lipinski definition) is 1. The number of hydrogen-bond acceptors (Lipinski definition) is 6. The topological polar surface area (TPSA) is 106 Å². The molecule has 0 spiro atoms. The molecule has 116 valence electrons. The third-order valence-corrected chi connectivity index (χ3v) is 2.93. The van der Waals surface area contributed by atoms with Crippen molar-refractivity contribution in [3.63, 3.8) is 0 Å². The first-order chi connectivity index (χ1) is 11.7. The number of rotatable bonds is 5. The van der Waals surface area contributed by atoms with Crippen LogP contribution in [0.2, 0.25) is 0 Å². The largest absolute Gasteiger partial charge is 0.487 e. The Hall–Kier alpha value is -3.89. The summed E-state index contributed by atoms with van der Waals surface area (Å²) in [7, 11) is 0. The van der Waals surface area contributed by atoms with Crippen molar-refractivity contribution in [1.29, 1.82) is 15.8 Å². The standard InChI is InChI=1S/C17H10FN5O/c18-14-1-2-17(24-11-12-3-5-22-6-4-12)15(7-14)23-16(10-21)13(8-19)9-20/h1-7,23H,11H2. The van der Waals surface area contributed by atoms with Crippen molar-refractivity contribution in [2.75, 3.05) is 5.32 Å². The summed E-state index contributed by atoms with van der Waals surface area (Å²) >= 11 is 0. The summed E-state index contributed by atoms with van der Waals surface area (Å²) in [6, 6.07) is 12.2. The Kier molecular flexibility index (Phi) is 5.45. The first kappa shape index (κ1) is 16.5. The van der Waals surface area contributed by atoms with Crippen LogP contribution in [0.5, 0.6) is 5.75 Å². The van der Waals surface area contributed by atoms with Crippen molar-refractivity contribution >= 4 is 5.69 Å². The molecule has 2 rings (SSSR count). The van der Waals surface area contributed by atoms with Crippen molar-refractivity contribution in [2.45, 2.75) is 6.61 Å². The zero-order valence-corrected chi connectivity index (χ0v) is 12.3. The third kappa shape index (κ3) is 4.07. The number of allylic oxidation sites excluding steroid dienone is 2. The van der Waals surface area contributed by atoms with E-state index in [1.807, 2.05) is 0 Å². The van der Waals surface area contributed by atoms with Crippen LogP contribution in [-0.4, -0.2) is 4.98 Å². The number of ether oxygens (including phenoxy) is 1. The summed E-state index contributed by atoms with van der Waals surface area (Å²) < 4.78 is 19.1. The molecule has 0 amide bonds. The fourth-order valence-corrected chi connectivity index (χ4v) is 1.78. The van der Waals surface area contributed by atoms with Crippen molar-refractivity contribution in [3.8, 4) is 24.0 Å². The molecule has 1 aromatic heterocycles. The Bertz CT molecular complexity index is 872. The highest BCUT2D eigenvalue weighted by Gasteiger charge is 2.11. The first-order valence-corrected chi connectivity index (χ1v) is 6.70. The second-order valence-corrected chi connectivity index (χ2v) is 4.50. The molecule has 0 radical (unpaired) electrons. The lowest BCUT2D eigenvalue weighted by Gasteiger charge is -2.13. The van der Waals surface area contributed by atoms with Crippen LogP contribution in [0.15, 0.2) is 54.0 Å². The summed E-state index contributed by atoms with van der Waals surface area (Å²) in [4.78, 5) is 3.90. The Morgan fingerprint density at radius 2 is 1.79 bits per heavy atom. The van der Waals surface area contributed by atoms with Gasteiger partial charge >= 0.3 is 0 Å². The summed E-state index contributed by atoms with van der Waals surface area (Å²) in [6.45, 7) is 0.206. The summed E-state index contributed by atoms with van der Waals surface area (Å²) in [5.41, 5.74) is 0.316. The average molecular weight is 319 g/mol. The molecule has 0 aliphatic rings. The molecule has 0 bridgehead atoms. The van der Waals surface area contributed by atoms with Crippen LogP contribution in [0, 0.1) is 39.8 Å². The zero-order valence-electron chi connectivity index (χ0n) is 12.3. The molecule has 0 saturated carbocycles.